The number of para-hydroxylation sites is 1. The van der Waals surface area contributed by atoms with Crippen LogP contribution in [0.1, 0.15) is 11.3 Å². The first kappa shape index (κ1) is 11.7. The van der Waals surface area contributed by atoms with E-state index in [0.717, 1.165) is 4.47 Å². The predicted molar refractivity (Wildman–Crippen MR) is 87.7 cm³/mol. The number of fused-ring (bicyclic) bond motifs is 3. The molecule has 1 aliphatic rings. The Bertz CT molecular complexity index is 854. The van der Waals surface area contributed by atoms with E-state index in [4.69, 9.17) is 0 Å². The molecule has 0 spiro atoms. The monoisotopic (exact) mass is 320 g/mol. The van der Waals surface area contributed by atoms with Gasteiger partial charge in [-0.2, -0.15) is 0 Å². The van der Waals surface area contributed by atoms with Crippen molar-refractivity contribution in [3.63, 3.8) is 0 Å². The standard InChI is InChI=1S/C18H11BrN/c19-13-10-11-18-16(12-13)15-8-4-5-9-17(15)20(18)14-6-2-1-3-7-14/h1-4,6-12H/q+1. The van der Waals surface area contributed by atoms with Crippen molar-refractivity contribution in [2.24, 2.45) is 0 Å². The zero-order valence-corrected chi connectivity index (χ0v) is 12.3. The van der Waals surface area contributed by atoms with Gasteiger partial charge in [0.25, 0.3) is 0 Å². The number of aromatic nitrogens is 1. The topological polar surface area (TPSA) is 4.93 Å². The van der Waals surface area contributed by atoms with E-state index in [0.29, 0.717) is 0 Å². The van der Waals surface area contributed by atoms with E-state index in [1.165, 1.54) is 27.8 Å². The van der Waals surface area contributed by atoms with E-state index >= 15 is 0 Å². The van der Waals surface area contributed by atoms with Crippen LogP contribution < -0.4 is 0 Å². The van der Waals surface area contributed by atoms with Gasteiger partial charge in [0.1, 0.15) is 17.7 Å². The smallest absolute Gasteiger partial charge is 0.166 e. The largest absolute Gasteiger partial charge is 0.256 e. The predicted octanol–water partition coefficient (Wildman–Crippen LogP) is 5.24. The fraction of sp³-hybridized carbons (Fsp3) is 0. The van der Waals surface area contributed by atoms with Gasteiger partial charge in [-0.15, -0.1) is 0 Å². The Labute approximate surface area is 126 Å². The molecular weight excluding hydrogens is 310 g/mol. The second-order valence-corrected chi connectivity index (χ2v) is 5.69. The van der Waals surface area contributed by atoms with E-state index in [9.17, 15) is 0 Å². The highest BCUT2D eigenvalue weighted by Crippen LogP contribution is 2.34. The van der Waals surface area contributed by atoms with Crippen molar-refractivity contribution in [1.29, 1.82) is 0 Å². The molecule has 1 heterocycles. The van der Waals surface area contributed by atoms with Gasteiger partial charge in [0, 0.05) is 15.9 Å². The van der Waals surface area contributed by atoms with Crippen LogP contribution in [0.2, 0.25) is 0 Å². The third-order valence-electron chi connectivity index (χ3n) is 3.59. The van der Waals surface area contributed by atoms with E-state index in [1.54, 1.807) is 0 Å². The molecule has 0 fully saturated rings. The quantitative estimate of drug-likeness (QED) is 0.540. The molecule has 2 heteroatoms. The fourth-order valence-corrected chi connectivity index (χ4v) is 3.10. The molecule has 1 aliphatic carbocycles. The molecule has 2 aromatic carbocycles. The Kier molecular flexibility index (Phi) is 2.59. The van der Waals surface area contributed by atoms with Crippen molar-refractivity contribution in [2.45, 2.75) is 0 Å². The molecule has 0 atom stereocenters. The summed E-state index contributed by atoms with van der Waals surface area (Å²) in [6, 6.07) is 16.9. The molecule has 0 N–H and O–H groups in total. The number of allylic oxidation sites excluding steroid dienone is 2. The van der Waals surface area contributed by atoms with Crippen LogP contribution in [0.25, 0.3) is 28.7 Å². The normalized spacial score (nSPS) is 12.4. The second-order valence-electron chi connectivity index (χ2n) is 4.78. The minimum absolute atomic E-state index is 1.10. The number of nitrogens with zero attached hydrogens (tertiary/aromatic N) is 1. The van der Waals surface area contributed by atoms with Crippen LogP contribution in [-0.2, 0) is 0 Å². The zero-order chi connectivity index (χ0) is 13.5. The van der Waals surface area contributed by atoms with Crippen molar-refractivity contribution >= 4 is 39.0 Å². The molecule has 4 rings (SSSR count). The average molecular weight is 321 g/mol. The van der Waals surface area contributed by atoms with Crippen LogP contribution >= 0.6 is 15.9 Å². The summed E-state index contributed by atoms with van der Waals surface area (Å²) in [6.45, 7) is 0. The summed E-state index contributed by atoms with van der Waals surface area (Å²) in [5.41, 5.74) is 4.83. The summed E-state index contributed by atoms with van der Waals surface area (Å²) in [6.07, 6.45) is 9.34. The minimum atomic E-state index is 1.10. The highest BCUT2D eigenvalue weighted by Gasteiger charge is 2.22. The summed E-state index contributed by atoms with van der Waals surface area (Å²) in [4.78, 5) is 0. The van der Waals surface area contributed by atoms with Gasteiger partial charge in [-0.25, -0.2) is 0 Å². The van der Waals surface area contributed by atoms with Crippen molar-refractivity contribution in [3.8, 4) is 5.69 Å². The molecule has 0 amide bonds. The van der Waals surface area contributed by atoms with Gasteiger partial charge in [-0.1, -0.05) is 34.1 Å². The molecule has 20 heavy (non-hydrogen) atoms. The van der Waals surface area contributed by atoms with Gasteiger partial charge in [-0.3, -0.25) is 4.57 Å². The van der Waals surface area contributed by atoms with Crippen LogP contribution in [0.15, 0.2) is 59.1 Å². The maximum absolute atomic E-state index is 3.57. The fourth-order valence-electron chi connectivity index (χ4n) is 2.74. The molecular formula is C18H11BrN+. The highest BCUT2D eigenvalue weighted by atomic mass is 79.9. The summed E-state index contributed by atoms with van der Waals surface area (Å²) in [7, 11) is 0. The molecule has 94 valence electrons. The molecule has 0 unspecified atom stereocenters. The van der Waals surface area contributed by atoms with Crippen LogP contribution in [0, 0.1) is 6.08 Å². The highest BCUT2D eigenvalue weighted by molar-refractivity contribution is 9.10. The lowest BCUT2D eigenvalue weighted by atomic mass is 10.1. The van der Waals surface area contributed by atoms with Crippen LogP contribution in [0.4, 0.5) is 0 Å². The number of hydrogen-bond donors (Lipinski definition) is 0. The molecule has 0 bridgehead atoms. The Morgan fingerprint density at radius 1 is 1.00 bits per heavy atom. The van der Waals surface area contributed by atoms with Crippen LogP contribution in [0.5, 0.6) is 0 Å². The van der Waals surface area contributed by atoms with Gasteiger partial charge >= 0.3 is 0 Å². The van der Waals surface area contributed by atoms with Crippen molar-refractivity contribution < 1.29 is 0 Å². The summed E-state index contributed by atoms with van der Waals surface area (Å²) < 4.78 is 3.39. The molecule has 1 aromatic heterocycles. The molecule has 0 aliphatic heterocycles. The van der Waals surface area contributed by atoms with E-state index < -0.39 is 0 Å². The third kappa shape index (κ3) is 1.66. The van der Waals surface area contributed by atoms with Crippen molar-refractivity contribution in [3.05, 3.63) is 76.4 Å². The molecule has 0 saturated heterocycles. The van der Waals surface area contributed by atoms with Gasteiger partial charge in [0.15, 0.2) is 5.69 Å². The Hall–Kier alpha value is -2.15. The first-order valence-electron chi connectivity index (χ1n) is 6.50. The average Bonchev–Trinajstić information content (AvgIpc) is 2.82. The van der Waals surface area contributed by atoms with E-state index in [-0.39, 0.29) is 0 Å². The second kappa shape index (κ2) is 4.45. The lowest BCUT2D eigenvalue weighted by Crippen LogP contribution is -1.97. The molecule has 0 radical (unpaired) electrons. The van der Waals surface area contributed by atoms with Gasteiger partial charge in [-0.05, 0) is 30.3 Å². The molecule has 0 saturated carbocycles. The van der Waals surface area contributed by atoms with Crippen LogP contribution in [0.3, 0.4) is 0 Å². The van der Waals surface area contributed by atoms with Crippen LogP contribution in [-0.4, -0.2) is 4.57 Å². The number of halogens is 1. The van der Waals surface area contributed by atoms with Crippen molar-refractivity contribution in [2.75, 3.05) is 0 Å². The maximum atomic E-state index is 3.57. The van der Waals surface area contributed by atoms with Gasteiger partial charge in [0.2, 0.25) is 0 Å². The van der Waals surface area contributed by atoms with Gasteiger partial charge in [0.05, 0.1) is 17.3 Å². The minimum Gasteiger partial charge on any atom is -0.256 e. The van der Waals surface area contributed by atoms with E-state index in [1.807, 2.05) is 12.1 Å². The number of hydrogen-bond acceptors (Lipinski definition) is 0. The lowest BCUT2D eigenvalue weighted by molar-refractivity contribution is 1.10. The number of benzene rings is 2. The lowest BCUT2D eigenvalue weighted by Gasteiger charge is -2.05. The maximum Gasteiger partial charge on any atom is 0.166 e. The van der Waals surface area contributed by atoms with E-state index in [2.05, 4.69) is 81.2 Å². The van der Waals surface area contributed by atoms with Gasteiger partial charge < -0.3 is 0 Å². The Morgan fingerprint density at radius 3 is 2.70 bits per heavy atom. The first-order valence-corrected chi connectivity index (χ1v) is 7.29. The third-order valence-corrected chi connectivity index (χ3v) is 4.08. The molecule has 3 aromatic rings. The summed E-state index contributed by atoms with van der Waals surface area (Å²) >= 11 is 3.57. The first-order chi connectivity index (χ1) is 9.84. The van der Waals surface area contributed by atoms with Crippen molar-refractivity contribution in [1.82, 2.24) is 4.57 Å². The molecule has 1 nitrogen and oxygen atoms in total. The number of rotatable bonds is 1. The Morgan fingerprint density at radius 2 is 1.85 bits per heavy atom. The summed E-state index contributed by atoms with van der Waals surface area (Å²) in [5.74, 6) is 0. The zero-order valence-electron chi connectivity index (χ0n) is 10.7. The SMILES string of the molecule is Brc1ccc2c(c1)c1c(n2-c2ccccc2)C=[C+]C=C1. The Balaban J connectivity index is 2.16. The summed E-state index contributed by atoms with van der Waals surface area (Å²) in [5, 5.41) is 1.26.